The number of benzene rings is 2. The second-order valence-electron chi connectivity index (χ2n) is 5.55. The van der Waals surface area contributed by atoms with Crippen molar-refractivity contribution in [3.63, 3.8) is 0 Å². The molecule has 0 bridgehead atoms. The zero-order valence-corrected chi connectivity index (χ0v) is 14.2. The monoisotopic (exact) mass is 384 g/mol. The van der Waals surface area contributed by atoms with Crippen molar-refractivity contribution in [1.82, 2.24) is 0 Å². The molecule has 5 nitrogen and oxygen atoms in total. The third kappa shape index (κ3) is 6.28. The molecule has 27 heavy (non-hydrogen) atoms. The average molecular weight is 384 g/mol. The molecule has 9 heteroatoms. The molecule has 0 atom stereocenters. The summed E-state index contributed by atoms with van der Waals surface area (Å²) in [6.45, 7) is -0.580. The largest absolute Gasteiger partial charge is 0.482 e. The predicted octanol–water partition coefficient (Wildman–Crippen LogP) is 4.02. The van der Waals surface area contributed by atoms with Crippen LogP contribution in [0.4, 0.5) is 28.9 Å². The number of ketones is 1. The molecule has 0 aliphatic rings. The van der Waals surface area contributed by atoms with Crippen LogP contribution in [0.5, 0.6) is 5.75 Å². The van der Waals surface area contributed by atoms with Crippen LogP contribution in [0.1, 0.15) is 17.3 Å². The predicted molar refractivity (Wildman–Crippen MR) is 91.5 cm³/mol. The molecule has 0 saturated carbocycles. The zero-order chi connectivity index (χ0) is 20.0. The smallest absolute Gasteiger partial charge is 0.422 e. The maximum atomic E-state index is 13.4. The van der Waals surface area contributed by atoms with Gasteiger partial charge in [-0.3, -0.25) is 9.59 Å². The van der Waals surface area contributed by atoms with E-state index in [1.165, 1.54) is 13.0 Å². The molecule has 0 aliphatic heterocycles. The Morgan fingerprint density at radius 1 is 1.07 bits per heavy atom. The first-order chi connectivity index (χ1) is 12.7. The van der Waals surface area contributed by atoms with Gasteiger partial charge in [-0.1, -0.05) is 12.1 Å². The van der Waals surface area contributed by atoms with Crippen molar-refractivity contribution in [3.05, 3.63) is 53.8 Å². The number of ether oxygens (including phenoxy) is 1. The minimum atomic E-state index is -4.56. The van der Waals surface area contributed by atoms with Crippen molar-refractivity contribution < 1.29 is 31.9 Å². The number of nitrogens with one attached hydrogen (secondary N) is 2. The topological polar surface area (TPSA) is 67.4 Å². The molecule has 0 fully saturated rings. The fraction of sp³-hybridized carbons (Fsp3) is 0.222. The molecule has 0 heterocycles. The van der Waals surface area contributed by atoms with Crippen LogP contribution in [0, 0.1) is 5.82 Å². The van der Waals surface area contributed by atoms with Crippen LogP contribution < -0.4 is 15.4 Å². The molecule has 0 aromatic heterocycles. The minimum absolute atomic E-state index is 0.103. The van der Waals surface area contributed by atoms with Gasteiger partial charge in [-0.05, 0) is 31.2 Å². The van der Waals surface area contributed by atoms with E-state index in [2.05, 4.69) is 15.4 Å². The number of carbonyl (C=O) groups is 2. The Bertz CT molecular complexity index is 838. The molecule has 2 N–H and O–H groups in total. The van der Waals surface area contributed by atoms with E-state index < -0.39 is 24.5 Å². The first kappa shape index (κ1) is 20.2. The van der Waals surface area contributed by atoms with E-state index >= 15 is 0 Å². The van der Waals surface area contributed by atoms with Gasteiger partial charge in [0.1, 0.15) is 11.6 Å². The van der Waals surface area contributed by atoms with Crippen molar-refractivity contribution in [2.75, 3.05) is 23.8 Å². The summed E-state index contributed by atoms with van der Waals surface area (Å²) in [5.41, 5.74) is 0.504. The quantitative estimate of drug-likeness (QED) is 0.559. The third-order valence-corrected chi connectivity index (χ3v) is 3.35. The van der Waals surface area contributed by atoms with Gasteiger partial charge in [0.25, 0.3) is 0 Å². The summed E-state index contributed by atoms with van der Waals surface area (Å²) in [7, 11) is 0. The summed E-state index contributed by atoms with van der Waals surface area (Å²) in [4.78, 5) is 23.6. The molecule has 0 saturated heterocycles. The van der Waals surface area contributed by atoms with E-state index in [1.54, 1.807) is 18.2 Å². The molecule has 1 amide bonds. The second kappa shape index (κ2) is 8.52. The van der Waals surface area contributed by atoms with Gasteiger partial charge in [0.15, 0.2) is 12.4 Å². The molecule has 144 valence electrons. The molecule has 0 unspecified atom stereocenters. The number of rotatable bonds is 7. The summed E-state index contributed by atoms with van der Waals surface area (Å²) >= 11 is 0. The van der Waals surface area contributed by atoms with Crippen molar-refractivity contribution in [3.8, 4) is 5.75 Å². The van der Waals surface area contributed by atoms with Gasteiger partial charge in [0, 0.05) is 11.6 Å². The van der Waals surface area contributed by atoms with E-state index in [0.29, 0.717) is 11.3 Å². The van der Waals surface area contributed by atoms with Crippen LogP contribution in [0.15, 0.2) is 42.5 Å². The summed E-state index contributed by atoms with van der Waals surface area (Å²) in [6, 6.07) is 9.25. The molecule has 0 spiro atoms. The third-order valence-electron chi connectivity index (χ3n) is 3.35. The lowest BCUT2D eigenvalue weighted by Crippen LogP contribution is -2.24. The standard InChI is InChI=1S/C18H16F4N2O3/c1-11(25)13-4-2-3-5-14(13)24-17(26)9-23-15-8-12(19)6-7-16(15)27-10-18(20,21)22/h2-8,23H,9-10H2,1H3,(H,24,26). The van der Waals surface area contributed by atoms with Crippen LogP contribution in [0.2, 0.25) is 0 Å². The van der Waals surface area contributed by atoms with Crippen LogP contribution in [-0.2, 0) is 4.79 Å². The van der Waals surface area contributed by atoms with Crippen molar-refractivity contribution in [2.24, 2.45) is 0 Å². The molecule has 2 rings (SSSR count). The average Bonchev–Trinajstić information content (AvgIpc) is 2.58. The van der Waals surface area contributed by atoms with Gasteiger partial charge in [0.2, 0.25) is 5.91 Å². The van der Waals surface area contributed by atoms with Gasteiger partial charge in [-0.15, -0.1) is 0 Å². The molecule has 2 aromatic carbocycles. The number of halogens is 4. The van der Waals surface area contributed by atoms with E-state index in [4.69, 9.17) is 0 Å². The van der Waals surface area contributed by atoms with E-state index in [0.717, 1.165) is 18.2 Å². The number of alkyl halides is 3. The van der Waals surface area contributed by atoms with Gasteiger partial charge in [-0.25, -0.2) is 4.39 Å². The summed E-state index contributed by atoms with van der Waals surface area (Å²) < 4.78 is 54.9. The number of carbonyl (C=O) groups excluding carboxylic acids is 2. The van der Waals surface area contributed by atoms with Gasteiger partial charge in [-0.2, -0.15) is 13.2 Å². The lowest BCUT2D eigenvalue weighted by Gasteiger charge is -2.15. The summed E-state index contributed by atoms with van der Waals surface area (Å²) in [5, 5.41) is 5.05. The fourth-order valence-corrected chi connectivity index (χ4v) is 2.19. The Hall–Kier alpha value is -3.10. The minimum Gasteiger partial charge on any atom is -0.482 e. The molecule has 0 aliphatic carbocycles. The number of amides is 1. The Kier molecular flexibility index (Phi) is 6.38. The highest BCUT2D eigenvalue weighted by Gasteiger charge is 2.29. The van der Waals surface area contributed by atoms with Crippen molar-refractivity contribution in [2.45, 2.75) is 13.1 Å². The number of hydrogen-bond acceptors (Lipinski definition) is 4. The molecule has 0 radical (unpaired) electrons. The van der Waals surface area contributed by atoms with Crippen LogP contribution in [0.3, 0.4) is 0 Å². The lowest BCUT2D eigenvalue weighted by atomic mass is 10.1. The van der Waals surface area contributed by atoms with E-state index in [1.807, 2.05) is 0 Å². The van der Waals surface area contributed by atoms with Gasteiger partial charge >= 0.3 is 6.18 Å². The van der Waals surface area contributed by atoms with Gasteiger partial charge in [0.05, 0.1) is 17.9 Å². The number of anilines is 2. The van der Waals surface area contributed by atoms with Crippen LogP contribution >= 0.6 is 0 Å². The Labute approximate surface area is 152 Å². The normalized spacial score (nSPS) is 11.0. The maximum absolute atomic E-state index is 13.4. The van der Waals surface area contributed by atoms with E-state index in [9.17, 15) is 27.2 Å². The van der Waals surface area contributed by atoms with Gasteiger partial charge < -0.3 is 15.4 Å². The summed E-state index contributed by atoms with van der Waals surface area (Å²) in [5.74, 6) is -1.77. The van der Waals surface area contributed by atoms with Crippen molar-refractivity contribution >= 4 is 23.1 Å². The lowest BCUT2D eigenvalue weighted by molar-refractivity contribution is -0.153. The SMILES string of the molecule is CC(=O)c1ccccc1NC(=O)CNc1cc(F)ccc1OCC(F)(F)F. The van der Waals surface area contributed by atoms with Crippen LogP contribution in [0.25, 0.3) is 0 Å². The molecular weight excluding hydrogens is 368 g/mol. The molecule has 2 aromatic rings. The Morgan fingerprint density at radius 3 is 2.44 bits per heavy atom. The highest BCUT2D eigenvalue weighted by atomic mass is 19.4. The highest BCUT2D eigenvalue weighted by Crippen LogP contribution is 2.27. The highest BCUT2D eigenvalue weighted by molar-refractivity contribution is 6.04. The maximum Gasteiger partial charge on any atom is 0.422 e. The Morgan fingerprint density at radius 2 is 1.78 bits per heavy atom. The molecular formula is C18H16F4N2O3. The number of Topliss-reactive ketones (excluding diaryl/α,β-unsaturated/α-hetero) is 1. The van der Waals surface area contributed by atoms with Crippen LogP contribution in [-0.4, -0.2) is 31.0 Å². The fourth-order valence-electron chi connectivity index (χ4n) is 2.19. The van der Waals surface area contributed by atoms with Crippen molar-refractivity contribution in [1.29, 1.82) is 0 Å². The zero-order valence-electron chi connectivity index (χ0n) is 14.2. The summed E-state index contributed by atoms with van der Waals surface area (Å²) in [6.07, 6.45) is -4.56. The second-order valence-corrected chi connectivity index (χ2v) is 5.55. The number of para-hydroxylation sites is 1. The first-order valence-electron chi connectivity index (χ1n) is 7.78. The Balaban J connectivity index is 2.04. The van der Waals surface area contributed by atoms with E-state index in [-0.39, 0.29) is 23.8 Å². The number of hydrogen-bond donors (Lipinski definition) is 2. The first-order valence-corrected chi connectivity index (χ1v) is 7.78.